The average molecular weight is 305 g/mol. The first-order chi connectivity index (χ1) is 8.65. The molecule has 106 valence electrons. The number of amides is 1. The molecule has 0 bridgehead atoms. The maximum Gasteiger partial charge on any atom is 0.231 e. The molecule has 2 heterocycles. The predicted molar refractivity (Wildman–Crippen MR) is 71.5 cm³/mol. The van der Waals surface area contributed by atoms with Crippen LogP contribution in [0.2, 0.25) is 0 Å². The van der Waals surface area contributed by atoms with E-state index < -0.39 is 15.6 Å². The highest BCUT2D eigenvalue weighted by molar-refractivity contribution is 7.92. The fraction of sp³-hybridized carbons (Fsp3) is 0.600. The standard InChI is InChI=1S/C10H15N3O4S2/c1-10(15)5-13(6-10)8(14)3-7-4-18-9(11-7)12-19(2,16)17/h4,15H,3,5-6H2,1-2H3,(H,11,12). The Morgan fingerprint density at radius 1 is 1.63 bits per heavy atom. The molecule has 2 rings (SSSR count). The van der Waals surface area contributed by atoms with Gasteiger partial charge in [-0.15, -0.1) is 11.3 Å². The van der Waals surface area contributed by atoms with Crippen LogP contribution >= 0.6 is 11.3 Å². The van der Waals surface area contributed by atoms with Gasteiger partial charge >= 0.3 is 0 Å². The van der Waals surface area contributed by atoms with Crippen molar-refractivity contribution < 1.29 is 18.3 Å². The Kier molecular flexibility index (Phi) is 3.54. The van der Waals surface area contributed by atoms with Crippen LogP contribution in [0, 0.1) is 0 Å². The number of thiazole rings is 1. The molecule has 1 fully saturated rings. The summed E-state index contributed by atoms with van der Waals surface area (Å²) in [6.45, 7) is 2.32. The number of rotatable bonds is 4. The molecule has 0 aliphatic carbocycles. The van der Waals surface area contributed by atoms with E-state index in [9.17, 15) is 18.3 Å². The number of nitrogens with zero attached hydrogens (tertiary/aromatic N) is 2. The fourth-order valence-electron chi connectivity index (χ4n) is 1.81. The third-order valence-corrected chi connectivity index (χ3v) is 4.07. The van der Waals surface area contributed by atoms with Crippen molar-refractivity contribution in [3.8, 4) is 0 Å². The summed E-state index contributed by atoms with van der Waals surface area (Å²) in [7, 11) is -3.35. The summed E-state index contributed by atoms with van der Waals surface area (Å²) in [6, 6.07) is 0. The SMILES string of the molecule is CC1(O)CN(C(=O)Cc2csc(NS(C)(=O)=O)n2)C1. The monoisotopic (exact) mass is 305 g/mol. The van der Waals surface area contributed by atoms with E-state index in [2.05, 4.69) is 9.71 Å². The summed E-state index contributed by atoms with van der Waals surface area (Å²) in [4.78, 5) is 17.4. The highest BCUT2D eigenvalue weighted by atomic mass is 32.2. The molecule has 0 aromatic carbocycles. The number of hydrogen-bond donors (Lipinski definition) is 2. The second kappa shape index (κ2) is 4.73. The summed E-state index contributed by atoms with van der Waals surface area (Å²) < 4.78 is 24.3. The fourth-order valence-corrected chi connectivity index (χ4v) is 3.38. The lowest BCUT2D eigenvalue weighted by Gasteiger charge is -2.44. The molecular weight excluding hydrogens is 290 g/mol. The number of aliphatic hydroxyl groups is 1. The van der Waals surface area contributed by atoms with Crippen LogP contribution in [0.15, 0.2) is 5.38 Å². The molecule has 2 N–H and O–H groups in total. The second-order valence-corrected chi connectivity index (χ2v) is 7.55. The first kappa shape index (κ1) is 14.2. The Bertz CT molecular complexity index is 586. The van der Waals surface area contributed by atoms with E-state index in [1.165, 1.54) is 0 Å². The Hall–Kier alpha value is -1.19. The van der Waals surface area contributed by atoms with Crippen molar-refractivity contribution in [1.82, 2.24) is 9.88 Å². The molecule has 1 aliphatic rings. The third-order valence-electron chi connectivity index (χ3n) is 2.57. The predicted octanol–water partition coefficient (Wildman–Crippen LogP) is -0.350. The number of sulfonamides is 1. The van der Waals surface area contributed by atoms with E-state index in [1.54, 1.807) is 17.2 Å². The lowest BCUT2D eigenvalue weighted by molar-refractivity contribution is -0.151. The number of hydrogen-bond acceptors (Lipinski definition) is 6. The number of aromatic nitrogens is 1. The van der Waals surface area contributed by atoms with Gasteiger partial charge in [0.15, 0.2) is 5.13 Å². The maximum absolute atomic E-state index is 11.8. The molecule has 0 radical (unpaired) electrons. The molecule has 7 nitrogen and oxygen atoms in total. The van der Waals surface area contributed by atoms with Crippen molar-refractivity contribution in [2.45, 2.75) is 18.9 Å². The molecule has 0 unspecified atom stereocenters. The molecule has 1 saturated heterocycles. The maximum atomic E-state index is 11.8. The molecule has 0 spiro atoms. The molecule has 1 aromatic rings. The lowest BCUT2D eigenvalue weighted by Crippen LogP contribution is -2.62. The van der Waals surface area contributed by atoms with E-state index in [1.807, 2.05) is 0 Å². The van der Waals surface area contributed by atoms with Crippen molar-refractivity contribution in [2.75, 3.05) is 24.1 Å². The number of β-amino-alcohol motifs (C(OH)–C–C–N with tert-alkyl or cyclic N) is 1. The van der Waals surface area contributed by atoms with Gasteiger partial charge in [-0.2, -0.15) is 0 Å². The van der Waals surface area contributed by atoms with E-state index in [0.29, 0.717) is 18.8 Å². The number of carbonyl (C=O) groups excluding carboxylic acids is 1. The molecule has 0 atom stereocenters. The van der Waals surface area contributed by atoms with Crippen LogP contribution in [-0.2, 0) is 21.2 Å². The van der Waals surface area contributed by atoms with Crippen LogP contribution in [0.25, 0.3) is 0 Å². The molecule has 1 amide bonds. The van der Waals surface area contributed by atoms with Gasteiger partial charge in [0.2, 0.25) is 15.9 Å². The van der Waals surface area contributed by atoms with E-state index in [-0.39, 0.29) is 17.5 Å². The van der Waals surface area contributed by atoms with Crippen LogP contribution in [0.4, 0.5) is 5.13 Å². The second-order valence-electron chi connectivity index (χ2n) is 4.94. The van der Waals surface area contributed by atoms with Crippen LogP contribution in [0.1, 0.15) is 12.6 Å². The first-order valence-electron chi connectivity index (χ1n) is 5.57. The van der Waals surface area contributed by atoms with Crippen molar-refractivity contribution in [3.05, 3.63) is 11.1 Å². The molecule has 1 aliphatic heterocycles. The summed E-state index contributed by atoms with van der Waals surface area (Å²) in [5, 5.41) is 11.4. The number of likely N-dealkylation sites (tertiary alicyclic amines) is 1. The molecule has 1 aromatic heterocycles. The van der Waals surface area contributed by atoms with E-state index in [4.69, 9.17) is 0 Å². The van der Waals surface area contributed by atoms with Gasteiger partial charge in [-0.3, -0.25) is 9.52 Å². The number of anilines is 1. The highest BCUT2D eigenvalue weighted by Crippen LogP contribution is 2.22. The van der Waals surface area contributed by atoms with Crippen molar-refractivity contribution in [1.29, 1.82) is 0 Å². The van der Waals surface area contributed by atoms with Gasteiger partial charge in [0.25, 0.3) is 0 Å². The van der Waals surface area contributed by atoms with E-state index in [0.717, 1.165) is 17.6 Å². The largest absolute Gasteiger partial charge is 0.386 e. The highest BCUT2D eigenvalue weighted by Gasteiger charge is 2.39. The Morgan fingerprint density at radius 3 is 2.79 bits per heavy atom. The summed E-state index contributed by atoms with van der Waals surface area (Å²) in [6.07, 6.45) is 1.15. The molecule has 9 heteroatoms. The van der Waals surface area contributed by atoms with Crippen LogP contribution in [0.5, 0.6) is 0 Å². The zero-order chi connectivity index (χ0) is 14.3. The topological polar surface area (TPSA) is 99.6 Å². The Balaban J connectivity index is 1.92. The van der Waals surface area contributed by atoms with Gasteiger partial charge in [-0.05, 0) is 6.92 Å². The smallest absolute Gasteiger partial charge is 0.231 e. The van der Waals surface area contributed by atoms with Gasteiger partial charge in [0.05, 0.1) is 37.1 Å². The lowest BCUT2D eigenvalue weighted by atomic mass is 9.96. The van der Waals surface area contributed by atoms with Gasteiger partial charge in [-0.1, -0.05) is 0 Å². The minimum atomic E-state index is -3.35. The van der Waals surface area contributed by atoms with Crippen LogP contribution in [0.3, 0.4) is 0 Å². The zero-order valence-corrected chi connectivity index (χ0v) is 12.2. The Morgan fingerprint density at radius 2 is 2.26 bits per heavy atom. The molecule has 0 saturated carbocycles. The zero-order valence-electron chi connectivity index (χ0n) is 10.6. The summed E-state index contributed by atoms with van der Waals surface area (Å²) in [5.41, 5.74) is -0.270. The van der Waals surface area contributed by atoms with Gasteiger partial charge in [-0.25, -0.2) is 13.4 Å². The quantitative estimate of drug-likeness (QED) is 0.792. The first-order valence-corrected chi connectivity index (χ1v) is 8.34. The molecular formula is C10H15N3O4S2. The average Bonchev–Trinajstić information content (AvgIpc) is 2.58. The van der Waals surface area contributed by atoms with Crippen LogP contribution in [-0.4, -0.2) is 54.3 Å². The third kappa shape index (κ3) is 3.88. The minimum absolute atomic E-state index is 0.109. The normalized spacial score (nSPS) is 17.9. The van der Waals surface area contributed by atoms with Crippen molar-refractivity contribution >= 4 is 32.4 Å². The summed E-state index contributed by atoms with van der Waals surface area (Å²) >= 11 is 1.13. The van der Waals surface area contributed by atoms with Crippen molar-refractivity contribution in [2.24, 2.45) is 0 Å². The van der Waals surface area contributed by atoms with Gasteiger partial charge in [0, 0.05) is 5.38 Å². The minimum Gasteiger partial charge on any atom is -0.386 e. The summed E-state index contributed by atoms with van der Waals surface area (Å²) in [5.74, 6) is -0.122. The Labute approximate surface area is 115 Å². The number of carbonyl (C=O) groups is 1. The van der Waals surface area contributed by atoms with Crippen molar-refractivity contribution in [3.63, 3.8) is 0 Å². The van der Waals surface area contributed by atoms with Gasteiger partial charge in [0.1, 0.15) is 0 Å². The van der Waals surface area contributed by atoms with Crippen LogP contribution < -0.4 is 4.72 Å². The number of nitrogens with one attached hydrogen (secondary N) is 1. The van der Waals surface area contributed by atoms with Gasteiger partial charge < -0.3 is 10.0 Å². The molecule has 19 heavy (non-hydrogen) atoms. The van der Waals surface area contributed by atoms with E-state index >= 15 is 0 Å².